The summed E-state index contributed by atoms with van der Waals surface area (Å²) in [7, 11) is 0. The van der Waals surface area contributed by atoms with Crippen LogP contribution in [0.25, 0.3) is 0 Å². The van der Waals surface area contributed by atoms with Crippen LogP contribution in [0.15, 0.2) is 53.9 Å². The van der Waals surface area contributed by atoms with E-state index < -0.39 is 0 Å². The van der Waals surface area contributed by atoms with Crippen molar-refractivity contribution in [2.45, 2.75) is 13.0 Å². The van der Waals surface area contributed by atoms with E-state index in [0.717, 1.165) is 30.9 Å². The lowest BCUT2D eigenvalue weighted by molar-refractivity contribution is 0.102. The number of halogens is 2. The average Bonchev–Trinajstić information content (AvgIpc) is 3.10. The molecule has 3 nitrogen and oxygen atoms in total. The predicted molar refractivity (Wildman–Crippen MR) is 110 cm³/mol. The van der Waals surface area contributed by atoms with E-state index in [4.69, 9.17) is 23.2 Å². The first-order valence-electron chi connectivity index (χ1n) is 8.27. The predicted octanol–water partition coefficient (Wildman–Crippen LogP) is 5.87. The molecule has 0 radical (unpaired) electrons. The highest BCUT2D eigenvalue weighted by molar-refractivity contribution is 7.10. The quantitative estimate of drug-likeness (QED) is 0.593. The second-order valence-corrected chi connectivity index (χ2v) is 8.01. The number of hydrogen-bond acceptors (Lipinski definition) is 3. The van der Waals surface area contributed by atoms with Gasteiger partial charge in [0, 0.05) is 34.4 Å². The van der Waals surface area contributed by atoms with E-state index in [1.807, 2.05) is 35.6 Å². The molecule has 2 heterocycles. The normalized spacial score (nSPS) is 13.4. The molecule has 0 saturated heterocycles. The van der Waals surface area contributed by atoms with E-state index in [1.54, 1.807) is 18.2 Å². The molecular weight excluding hydrogens is 387 g/mol. The van der Waals surface area contributed by atoms with Gasteiger partial charge in [-0.05, 0) is 65.9 Å². The number of amides is 1. The van der Waals surface area contributed by atoms with Crippen LogP contribution in [-0.4, -0.2) is 12.5 Å². The summed E-state index contributed by atoms with van der Waals surface area (Å²) in [5, 5.41) is 5.88. The SMILES string of the molecule is O=C(Nc1ccc(N2CCc3sccc3C2)cc1)c1ccc(Cl)cc1Cl. The van der Waals surface area contributed by atoms with E-state index in [2.05, 4.69) is 21.7 Å². The Kier molecular flexibility index (Phi) is 4.90. The summed E-state index contributed by atoms with van der Waals surface area (Å²) in [6.45, 7) is 1.95. The first kappa shape index (κ1) is 17.4. The van der Waals surface area contributed by atoms with Gasteiger partial charge in [0.25, 0.3) is 5.91 Å². The minimum atomic E-state index is -0.250. The highest BCUT2D eigenvalue weighted by Crippen LogP contribution is 2.29. The van der Waals surface area contributed by atoms with Gasteiger partial charge in [0.15, 0.2) is 0 Å². The Morgan fingerprint density at radius 2 is 1.88 bits per heavy atom. The van der Waals surface area contributed by atoms with E-state index in [-0.39, 0.29) is 5.91 Å². The molecule has 1 aliphatic rings. The molecule has 0 aliphatic carbocycles. The molecule has 2 aromatic carbocycles. The maximum absolute atomic E-state index is 12.4. The zero-order chi connectivity index (χ0) is 18.1. The molecule has 1 N–H and O–H groups in total. The van der Waals surface area contributed by atoms with Crippen LogP contribution in [0.3, 0.4) is 0 Å². The fourth-order valence-corrected chi connectivity index (χ4v) is 4.48. The van der Waals surface area contributed by atoms with Crippen molar-refractivity contribution in [3.8, 4) is 0 Å². The van der Waals surface area contributed by atoms with Gasteiger partial charge < -0.3 is 10.2 Å². The average molecular weight is 403 g/mol. The summed E-state index contributed by atoms with van der Waals surface area (Å²) in [5.74, 6) is -0.250. The van der Waals surface area contributed by atoms with Crippen LogP contribution < -0.4 is 10.2 Å². The maximum atomic E-state index is 12.4. The summed E-state index contributed by atoms with van der Waals surface area (Å²) in [6.07, 6.45) is 1.08. The van der Waals surface area contributed by atoms with Gasteiger partial charge in [0.2, 0.25) is 0 Å². The maximum Gasteiger partial charge on any atom is 0.257 e. The highest BCUT2D eigenvalue weighted by atomic mass is 35.5. The van der Waals surface area contributed by atoms with Gasteiger partial charge in [-0.1, -0.05) is 23.2 Å². The molecule has 0 spiro atoms. The number of carbonyl (C=O) groups is 1. The molecule has 1 amide bonds. The Balaban J connectivity index is 1.45. The molecule has 0 unspecified atom stereocenters. The topological polar surface area (TPSA) is 32.3 Å². The largest absolute Gasteiger partial charge is 0.367 e. The monoisotopic (exact) mass is 402 g/mol. The fraction of sp³-hybridized carbons (Fsp3) is 0.150. The lowest BCUT2D eigenvalue weighted by Crippen LogP contribution is -2.29. The van der Waals surface area contributed by atoms with Crippen LogP contribution >= 0.6 is 34.5 Å². The molecule has 0 saturated carbocycles. The first-order chi connectivity index (χ1) is 12.6. The van der Waals surface area contributed by atoms with E-state index >= 15 is 0 Å². The number of hydrogen-bond donors (Lipinski definition) is 1. The van der Waals surface area contributed by atoms with Gasteiger partial charge in [-0.2, -0.15) is 0 Å². The number of thiophene rings is 1. The Hall–Kier alpha value is -2.01. The molecule has 26 heavy (non-hydrogen) atoms. The molecule has 3 aromatic rings. The standard InChI is InChI=1S/C20H16Cl2N2OS/c21-14-1-6-17(18(22)11-14)20(25)23-15-2-4-16(5-3-15)24-9-7-19-13(12-24)8-10-26-19/h1-6,8,10-11H,7,9,12H2,(H,23,25). The molecule has 4 rings (SSSR count). The van der Waals surface area contributed by atoms with Crippen LogP contribution in [0.4, 0.5) is 11.4 Å². The Morgan fingerprint density at radius 1 is 1.08 bits per heavy atom. The number of carbonyl (C=O) groups excluding carboxylic acids is 1. The summed E-state index contributed by atoms with van der Waals surface area (Å²) < 4.78 is 0. The lowest BCUT2D eigenvalue weighted by Gasteiger charge is -2.29. The van der Waals surface area contributed by atoms with Gasteiger partial charge in [0.05, 0.1) is 10.6 Å². The Labute approximate surface area is 166 Å². The summed E-state index contributed by atoms with van der Waals surface area (Å²) in [4.78, 5) is 16.2. The second-order valence-electron chi connectivity index (χ2n) is 6.17. The molecule has 1 aliphatic heterocycles. The van der Waals surface area contributed by atoms with Crippen molar-refractivity contribution < 1.29 is 4.79 Å². The zero-order valence-electron chi connectivity index (χ0n) is 13.8. The number of rotatable bonds is 3. The van der Waals surface area contributed by atoms with Crippen LogP contribution in [0.2, 0.25) is 10.0 Å². The Bertz CT molecular complexity index is 953. The zero-order valence-corrected chi connectivity index (χ0v) is 16.2. The van der Waals surface area contributed by atoms with E-state index in [9.17, 15) is 4.79 Å². The van der Waals surface area contributed by atoms with Gasteiger partial charge in [-0.15, -0.1) is 11.3 Å². The smallest absolute Gasteiger partial charge is 0.257 e. The van der Waals surface area contributed by atoms with Crippen molar-refractivity contribution in [2.24, 2.45) is 0 Å². The summed E-state index contributed by atoms with van der Waals surface area (Å²) in [5.41, 5.74) is 3.71. The highest BCUT2D eigenvalue weighted by Gasteiger charge is 2.17. The lowest BCUT2D eigenvalue weighted by atomic mass is 10.1. The molecule has 132 valence electrons. The summed E-state index contributed by atoms with van der Waals surface area (Å²) in [6, 6.07) is 15.0. The van der Waals surface area contributed by atoms with Gasteiger partial charge in [-0.3, -0.25) is 4.79 Å². The molecule has 0 fully saturated rings. The third-order valence-corrected chi connectivity index (χ3v) is 6.04. The van der Waals surface area contributed by atoms with Crippen LogP contribution in [0, 0.1) is 0 Å². The first-order valence-corrected chi connectivity index (χ1v) is 9.90. The Morgan fingerprint density at radius 3 is 2.65 bits per heavy atom. The van der Waals surface area contributed by atoms with E-state index in [0.29, 0.717) is 15.6 Å². The molecular formula is C20H16Cl2N2OS. The van der Waals surface area contributed by atoms with Crippen molar-refractivity contribution in [3.05, 3.63) is 80.0 Å². The fourth-order valence-electron chi connectivity index (χ4n) is 3.10. The minimum absolute atomic E-state index is 0.250. The van der Waals surface area contributed by atoms with Crippen LogP contribution in [-0.2, 0) is 13.0 Å². The third-order valence-electron chi connectivity index (χ3n) is 4.47. The molecule has 6 heteroatoms. The van der Waals surface area contributed by atoms with Crippen molar-refractivity contribution in [2.75, 3.05) is 16.8 Å². The van der Waals surface area contributed by atoms with Gasteiger partial charge >= 0.3 is 0 Å². The van der Waals surface area contributed by atoms with Crippen molar-refractivity contribution in [3.63, 3.8) is 0 Å². The molecule has 0 bridgehead atoms. The summed E-state index contributed by atoms with van der Waals surface area (Å²) >= 11 is 13.8. The van der Waals surface area contributed by atoms with Crippen LogP contribution in [0.5, 0.6) is 0 Å². The van der Waals surface area contributed by atoms with Gasteiger partial charge in [0.1, 0.15) is 0 Å². The second kappa shape index (κ2) is 7.31. The van der Waals surface area contributed by atoms with Gasteiger partial charge in [-0.25, -0.2) is 0 Å². The number of nitrogens with one attached hydrogen (secondary N) is 1. The number of fused-ring (bicyclic) bond motifs is 1. The number of benzene rings is 2. The van der Waals surface area contributed by atoms with Crippen molar-refractivity contribution in [1.29, 1.82) is 0 Å². The molecule has 0 atom stereocenters. The van der Waals surface area contributed by atoms with Crippen molar-refractivity contribution in [1.82, 2.24) is 0 Å². The number of nitrogens with zero attached hydrogens (tertiary/aromatic N) is 1. The van der Waals surface area contributed by atoms with E-state index in [1.165, 1.54) is 10.4 Å². The minimum Gasteiger partial charge on any atom is -0.367 e. The third kappa shape index (κ3) is 3.58. The van der Waals surface area contributed by atoms with Crippen LogP contribution in [0.1, 0.15) is 20.8 Å². The number of anilines is 2. The van der Waals surface area contributed by atoms with Crippen molar-refractivity contribution >= 4 is 51.8 Å². The molecule has 1 aromatic heterocycles.